The number of aryl methyl sites for hydroxylation is 1. The quantitative estimate of drug-likeness (QED) is 0.430. The molecule has 3 heterocycles. The van der Waals surface area contributed by atoms with Gasteiger partial charge in [-0.15, -0.1) is 0 Å². The van der Waals surface area contributed by atoms with Crippen molar-refractivity contribution < 1.29 is 14.3 Å². The van der Waals surface area contributed by atoms with Gasteiger partial charge in [0, 0.05) is 89.4 Å². The number of nitrogens with zero attached hydrogens (tertiary/aromatic N) is 3. The zero-order valence-electron chi connectivity index (χ0n) is 21.9. The van der Waals surface area contributed by atoms with Crippen molar-refractivity contribution in [2.75, 3.05) is 65.5 Å². The average molecular weight is 498 g/mol. The van der Waals surface area contributed by atoms with E-state index < -0.39 is 0 Å². The summed E-state index contributed by atoms with van der Waals surface area (Å²) in [5.74, 6) is 0.0340. The van der Waals surface area contributed by atoms with Gasteiger partial charge in [-0.1, -0.05) is 0 Å². The molecule has 196 valence electrons. The molecule has 0 radical (unpaired) electrons. The number of hydrogen-bond donors (Lipinski definition) is 2. The Morgan fingerprint density at radius 1 is 1.31 bits per heavy atom. The number of methoxy groups -OCH3 is 1. The number of ether oxygens (including phenoxy) is 2. The van der Waals surface area contributed by atoms with E-state index in [4.69, 9.17) is 9.47 Å². The Bertz CT molecular complexity index is 1160. The number of nitrogens with one attached hydrogen (secondary N) is 2. The maximum absolute atomic E-state index is 13.7. The molecule has 1 amide bonds. The first-order valence-electron chi connectivity index (χ1n) is 12.9. The number of amides is 1. The lowest BCUT2D eigenvalue weighted by Crippen LogP contribution is -2.53. The Morgan fingerprint density at radius 3 is 2.78 bits per heavy atom. The van der Waals surface area contributed by atoms with E-state index in [9.17, 15) is 9.59 Å². The van der Waals surface area contributed by atoms with Crippen molar-refractivity contribution in [2.45, 2.75) is 45.2 Å². The molecule has 9 nitrogen and oxygen atoms in total. The molecule has 0 spiro atoms. The molecule has 0 aliphatic carbocycles. The van der Waals surface area contributed by atoms with Crippen molar-refractivity contribution in [3.63, 3.8) is 0 Å². The maximum atomic E-state index is 13.7. The number of carbonyl (C=O) groups is 1. The number of benzene rings is 1. The third-order valence-electron chi connectivity index (χ3n) is 7.30. The summed E-state index contributed by atoms with van der Waals surface area (Å²) in [4.78, 5) is 38.1. The van der Waals surface area contributed by atoms with Crippen LogP contribution >= 0.6 is 0 Å². The lowest BCUT2D eigenvalue weighted by atomic mass is 9.99. The molecule has 9 heteroatoms. The summed E-state index contributed by atoms with van der Waals surface area (Å²) in [5.41, 5.74) is 3.26. The summed E-state index contributed by atoms with van der Waals surface area (Å²) in [7, 11) is 3.38. The molecule has 1 atom stereocenters. The fourth-order valence-corrected chi connectivity index (χ4v) is 5.24. The SMILES string of the molecule is CN=Cc1c(NC2CCOCC2)c2cc(C(=O)N3CCN(CCCOC)[C@@H](C)C3)c(C)cc2[nH]c1=O. The zero-order chi connectivity index (χ0) is 25.7. The van der Waals surface area contributed by atoms with Crippen LogP contribution in [0.2, 0.25) is 0 Å². The van der Waals surface area contributed by atoms with Gasteiger partial charge in [-0.2, -0.15) is 0 Å². The summed E-state index contributed by atoms with van der Waals surface area (Å²) in [6, 6.07) is 4.33. The van der Waals surface area contributed by atoms with E-state index in [-0.39, 0.29) is 23.6 Å². The maximum Gasteiger partial charge on any atom is 0.259 e. The number of aromatic nitrogens is 1. The molecule has 36 heavy (non-hydrogen) atoms. The Kier molecular flexibility index (Phi) is 8.77. The molecule has 4 rings (SSSR count). The van der Waals surface area contributed by atoms with Gasteiger partial charge in [0.1, 0.15) is 0 Å². The van der Waals surface area contributed by atoms with Crippen LogP contribution in [-0.4, -0.2) is 99.1 Å². The molecule has 0 unspecified atom stereocenters. The molecule has 0 bridgehead atoms. The van der Waals surface area contributed by atoms with Gasteiger partial charge < -0.3 is 24.7 Å². The third-order valence-corrected chi connectivity index (χ3v) is 7.30. The minimum atomic E-state index is -0.195. The van der Waals surface area contributed by atoms with Gasteiger partial charge in [0.2, 0.25) is 0 Å². The van der Waals surface area contributed by atoms with Gasteiger partial charge in [0.05, 0.1) is 16.8 Å². The number of hydrogen-bond acceptors (Lipinski definition) is 7. The Hall–Kier alpha value is -2.75. The summed E-state index contributed by atoms with van der Waals surface area (Å²) < 4.78 is 10.7. The molecule has 1 aromatic heterocycles. The molecule has 2 aliphatic rings. The molecule has 2 aliphatic heterocycles. The van der Waals surface area contributed by atoms with Crippen molar-refractivity contribution >= 4 is 28.7 Å². The van der Waals surface area contributed by atoms with Gasteiger partial charge >= 0.3 is 0 Å². The number of fused-ring (bicyclic) bond motifs is 1. The van der Waals surface area contributed by atoms with E-state index in [1.165, 1.54) is 0 Å². The predicted molar refractivity (Wildman–Crippen MR) is 144 cm³/mol. The van der Waals surface area contributed by atoms with Crippen LogP contribution in [0.25, 0.3) is 10.9 Å². The molecule has 2 aromatic rings. The van der Waals surface area contributed by atoms with E-state index in [0.717, 1.165) is 55.6 Å². The zero-order valence-corrected chi connectivity index (χ0v) is 21.9. The van der Waals surface area contributed by atoms with Crippen LogP contribution in [0.1, 0.15) is 47.7 Å². The summed E-state index contributed by atoms with van der Waals surface area (Å²) in [5, 5.41) is 4.42. The second-order valence-corrected chi connectivity index (χ2v) is 9.86. The molecule has 1 aromatic carbocycles. The highest BCUT2D eigenvalue weighted by atomic mass is 16.5. The summed E-state index contributed by atoms with van der Waals surface area (Å²) >= 11 is 0. The summed E-state index contributed by atoms with van der Waals surface area (Å²) in [6.07, 6.45) is 4.30. The Labute approximate surface area is 212 Å². The second kappa shape index (κ2) is 12.0. The van der Waals surface area contributed by atoms with E-state index in [1.54, 1.807) is 20.4 Å². The number of pyridine rings is 1. The van der Waals surface area contributed by atoms with E-state index in [2.05, 4.69) is 27.1 Å². The topological polar surface area (TPSA) is 99.3 Å². The first-order valence-corrected chi connectivity index (χ1v) is 12.9. The van der Waals surface area contributed by atoms with Gasteiger partial charge in [0.25, 0.3) is 11.5 Å². The standard InChI is InChI=1S/C27H39N5O4/c1-18-14-24-22(25(23(16-28-3)26(33)30-24)29-20-6-12-36-13-7-20)15-21(18)27(34)32-10-9-31(19(2)17-32)8-5-11-35-4/h14-16,19-20H,5-13,17H2,1-4H3,(H2,29,30,33)/t19-/m0/s1. The van der Waals surface area contributed by atoms with Crippen molar-refractivity contribution in [3.8, 4) is 0 Å². The number of anilines is 1. The highest BCUT2D eigenvalue weighted by molar-refractivity contribution is 6.06. The van der Waals surface area contributed by atoms with Gasteiger partial charge in [-0.25, -0.2) is 0 Å². The predicted octanol–water partition coefficient (Wildman–Crippen LogP) is 2.66. The van der Waals surface area contributed by atoms with Crippen LogP contribution < -0.4 is 10.9 Å². The van der Waals surface area contributed by atoms with Crippen molar-refractivity contribution in [1.29, 1.82) is 0 Å². The normalized spacial score (nSPS) is 19.9. The van der Waals surface area contributed by atoms with Gasteiger partial charge in [-0.3, -0.25) is 19.5 Å². The lowest BCUT2D eigenvalue weighted by Gasteiger charge is -2.40. The number of aromatic amines is 1. The average Bonchev–Trinajstić information content (AvgIpc) is 2.87. The number of H-pyrrole nitrogens is 1. The largest absolute Gasteiger partial charge is 0.385 e. The highest BCUT2D eigenvalue weighted by Gasteiger charge is 2.28. The third kappa shape index (κ3) is 5.79. The fourth-order valence-electron chi connectivity index (χ4n) is 5.24. The van der Waals surface area contributed by atoms with Gasteiger partial charge in [0.15, 0.2) is 0 Å². The van der Waals surface area contributed by atoms with Crippen LogP contribution in [0, 0.1) is 6.92 Å². The van der Waals surface area contributed by atoms with Crippen LogP contribution in [-0.2, 0) is 9.47 Å². The number of piperazine rings is 1. The molecule has 2 fully saturated rings. The first kappa shape index (κ1) is 26.3. The lowest BCUT2D eigenvalue weighted by molar-refractivity contribution is 0.0490. The van der Waals surface area contributed by atoms with Crippen molar-refractivity contribution in [2.24, 2.45) is 4.99 Å². The number of aliphatic imine (C=N–C) groups is 1. The van der Waals surface area contributed by atoms with Crippen LogP contribution in [0.5, 0.6) is 0 Å². The molecular formula is C27H39N5O4. The summed E-state index contributed by atoms with van der Waals surface area (Å²) in [6.45, 7) is 9.45. The van der Waals surface area contributed by atoms with Crippen LogP contribution in [0.15, 0.2) is 21.9 Å². The second-order valence-electron chi connectivity index (χ2n) is 9.86. The van der Waals surface area contributed by atoms with E-state index in [0.29, 0.717) is 42.9 Å². The Morgan fingerprint density at radius 2 is 2.08 bits per heavy atom. The van der Waals surface area contributed by atoms with E-state index >= 15 is 0 Å². The van der Waals surface area contributed by atoms with Crippen molar-refractivity contribution in [3.05, 3.63) is 39.2 Å². The minimum Gasteiger partial charge on any atom is -0.385 e. The smallest absolute Gasteiger partial charge is 0.259 e. The highest BCUT2D eigenvalue weighted by Crippen LogP contribution is 2.29. The van der Waals surface area contributed by atoms with Crippen LogP contribution in [0.4, 0.5) is 5.69 Å². The number of carbonyl (C=O) groups excluding carboxylic acids is 1. The van der Waals surface area contributed by atoms with E-state index in [1.807, 2.05) is 24.0 Å². The van der Waals surface area contributed by atoms with Crippen LogP contribution in [0.3, 0.4) is 0 Å². The minimum absolute atomic E-state index is 0.0340. The Balaban J connectivity index is 1.65. The molecule has 2 saturated heterocycles. The molecule has 0 saturated carbocycles. The molecule has 2 N–H and O–H groups in total. The van der Waals surface area contributed by atoms with Gasteiger partial charge in [-0.05, 0) is 50.8 Å². The fraction of sp³-hybridized carbons (Fsp3) is 0.593. The first-order chi connectivity index (χ1) is 17.4. The monoisotopic (exact) mass is 497 g/mol. The number of rotatable bonds is 8. The molecular weight excluding hydrogens is 458 g/mol. The van der Waals surface area contributed by atoms with Crippen molar-refractivity contribution in [1.82, 2.24) is 14.8 Å².